The summed E-state index contributed by atoms with van der Waals surface area (Å²) in [6, 6.07) is 9.13. The van der Waals surface area contributed by atoms with Crippen LogP contribution in [-0.2, 0) is 14.9 Å². The van der Waals surface area contributed by atoms with E-state index in [0.29, 0.717) is 18.4 Å². The third kappa shape index (κ3) is 2.43. The van der Waals surface area contributed by atoms with E-state index in [4.69, 9.17) is 4.74 Å². The molecule has 0 aliphatic heterocycles. The van der Waals surface area contributed by atoms with Gasteiger partial charge in [-0.2, -0.15) is 0 Å². The van der Waals surface area contributed by atoms with Crippen molar-refractivity contribution < 1.29 is 9.53 Å². The predicted molar refractivity (Wildman–Crippen MR) is 93.6 cm³/mol. The van der Waals surface area contributed by atoms with Gasteiger partial charge in [0, 0.05) is 4.90 Å². The van der Waals surface area contributed by atoms with Gasteiger partial charge in [-0.3, -0.25) is 4.79 Å². The number of carbonyl (C=O) groups is 1. The van der Waals surface area contributed by atoms with Gasteiger partial charge in [0.25, 0.3) is 0 Å². The molecule has 4 atom stereocenters. The monoisotopic (exact) mass is 330 g/mol. The minimum atomic E-state index is -0.196. The van der Waals surface area contributed by atoms with E-state index in [2.05, 4.69) is 30.5 Å². The summed E-state index contributed by atoms with van der Waals surface area (Å²) in [6.07, 6.45) is 9.11. The molecule has 4 fully saturated rings. The van der Waals surface area contributed by atoms with E-state index in [-0.39, 0.29) is 16.8 Å². The summed E-state index contributed by atoms with van der Waals surface area (Å²) in [5, 5.41) is 0. The highest BCUT2D eigenvalue weighted by Crippen LogP contribution is 2.66. The number of rotatable bonds is 4. The highest BCUT2D eigenvalue weighted by atomic mass is 32.2. The van der Waals surface area contributed by atoms with Crippen LogP contribution in [0.1, 0.15) is 51.0 Å². The largest absolute Gasteiger partial charge is 0.466 e. The lowest BCUT2D eigenvalue weighted by atomic mass is 9.43. The standard InChI is InChI=1S/C20H26O2S/c1-3-22-18(21)20-11-14-8-15(12-20)10-19(9-14,13-20)16-4-6-17(23-2)7-5-16/h4-7,14-15H,3,8-13H2,1-2H3/t14-,15+,19?,20?. The fraction of sp³-hybridized carbons (Fsp3) is 0.650. The highest BCUT2D eigenvalue weighted by molar-refractivity contribution is 7.98. The van der Waals surface area contributed by atoms with Gasteiger partial charge in [-0.1, -0.05) is 12.1 Å². The van der Waals surface area contributed by atoms with Crippen molar-refractivity contribution in [1.82, 2.24) is 0 Å². The molecule has 2 unspecified atom stereocenters. The summed E-state index contributed by atoms with van der Waals surface area (Å²) in [5.41, 5.74) is 1.48. The van der Waals surface area contributed by atoms with Gasteiger partial charge in [0.05, 0.1) is 12.0 Å². The summed E-state index contributed by atoms with van der Waals surface area (Å²) < 4.78 is 5.50. The van der Waals surface area contributed by atoms with Gasteiger partial charge in [0.2, 0.25) is 0 Å². The molecule has 4 saturated carbocycles. The van der Waals surface area contributed by atoms with Crippen molar-refractivity contribution in [1.29, 1.82) is 0 Å². The molecule has 3 heteroatoms. The number of carbonyl (C=O) groups excluding carboxylic acids is 1. The Labute approximate surface area is 143 Å². The van der Waals surface area contributed by atoms with E-state index in [1.54, 1.807) is 11.8 Å². The fourth-order valence-electron chi connectivity index (χ4n) is 6.07. The van der Waals surface area contributed by atoms with Crippen LogP contribution in [0.15, 0.2) is 29.2 Å². The topological polar surface area (TPSA) is 26.3 Å². The smallest absolute Gasteiger partial charge is 0.312 e. The Morgan fingerprint density at radius 3 is 2.39 bits per heavy atom. The molecule has 0 spiro atoms. The van der Waals surface area contributed by atoms with Gasteiger partial charge in [-0.25, -0.2) is 0 Å². The van der Waals surface area contributed by atoms with Crippen LogP contribution in [0.4, 0.5) is 0 Å². The molecule has 0 heterocycles. The zero-order valence-electron chi connectivity index (χ0n) is 14.1. The maximum Gasteiger partial charge on any atom is 0.312 e. The van der Waals surface area contributed by atoms with Gasteiger partial charge in [0.1, 0.15) is 0 Å². The molecule has 0 N–H and O–H groups in total. The van der Waals surface area contributed by atoms with Crippen molar-refractivity contribution in [2.24, 2.45) is 17.3 Å². The summed E-state index contributed by atoms with van der Waals surface area (Å²) in [4.78, 5) is 14.1. The highest BCUT2D eigenvalue weighted by Gasteiger charge is 2.61. The first-order valence-electron chi connectivity index (χ1n) is 8.91. The zero-order valence-corrected chi connectivity index (χ0v) is 15.0. The molecule has 4 aliphatic rings. The summed E-state index contributed by atoms with van der Waals surface area (Å²) in [6.45, 7) is 2.43. The lowest BCUT2D eigenvalue weighted by Gasteiger charge is -2.61. The number of hydrogen-bond donors (Lipinski definition) is 0. The first-order valence-corrected chi connectivity index (χ1v) is 10.1. The van der Waals surface area contributed by atoms with E-state index >= 15 is 0 Å². The van der Waals surface area contributed by atoms with E-state index < -0.39 is 0 Å². The lowest BCUT2D eigenvalue weighted by molar-refractivity contribution is -0.173. The predicted octanol–water partition coefficient (Wildman–Crippen LogP) is 4.81. The van der Waals surface area contributed by atoms with Crippen molar-refractivity contribution in [3.63, 3.8) is 0 Å². The molecule has 23 heavy (non-hydrogen) atoms. The molecule has 2 nitrogen and oxygen atoms in total. The van der Waals surface area contributed by atoms with Gasteiger partial charge in [-0.05, 0) is 86.7 Å². The van der Waals surface area contributed by atoms with Crippen molar-refractivity contribution in [3.8, 4) is 0 Å². The fourth-order valence-corrected chi connectivity index (χ4v) is 6.48. The second kappa shape index (κ2) is 5.54. The van der Waals surface area contributed by atoms with Crippen LogP contribution in [0, 0.1) is 17.3 Å². The quantitative estimate of drug-likeness (QED) is 0.585. The van der Waals surface area contributed by atoms with Crippen LogP contribution < -0.4 is 0 Å². The number of thioether (sulfide) groups is 1. The van der Waals surface area contributed by atoms with Crippen LogP contribution in [0.25, 0.3) is 0 Å². The second-order valence-electron chi connectivity index (χ2n) is 7.97. The van der Waals surface area contributed by atoms with Crippen molar-refractivity contribution in [2.45, 2.75) is 55.8 Å². The Hall–Kier alpha value is -0.960. The number of benzene rings is 1. The number of hydrogen-bond acceptors (Lipinski definition) is 3. The minimum Gasteiger partial charge on any atom is -0.466 e. The first-order chi connectivity index (χ1) is 11.1. The molecule has 0 saturated heterocycles. The lowest BCUT2D eigenvalue weighted by Crippen LogP contribution is -2.57. The van der Waals surface area contributed by atoms with Crippen molar-refractivity contribution in [3.05, 3.63) is 29.8 Å². The molecule has 5 rings (SSSR count). The molecular weight excluding hydrogens is 304 g/mol. The van der Waals surface area contributed by atoms with Crippen LogP contribution in [0.5, 0.6) is 0 Å². The maximum absolute atomic E-state index is 12.7. The second-order valence-corrected chi connectivity index (χ2v) is 8.85. The Morgan fingerprint density at radius 2 is 1.83 bits per heavy atom. The van der Waals surface area contributed by atoms with Crippen LogP contribution in [0.3, 0.4) is 0 Å². The Kier molecular flexibility index (Phi) is 3.75. The normalized spacial score (nSPS) is 37.8. The molecule has 0 amide bonds. The molecule has 124 valence electrons. The van der Waals surface area contributed by atoms with Gasteiger partial charge < -0.3 is 4.74 Å². The van der Waals surface area contributed by atoms with Gasteiger partial charge in [0.15, 0.2) is 0 Å². The van der Waals surface area contributed by atoms with E-state index in [1.165, 1.54) is 29.7 Å². The summed E-state index contributed by atoms with van der Waals surface area (Å²) >= 11 is 1.79. The molecule has 0 aromatic heterocycles. The molecule has 1 aromatic carbocycles. The van der Waals surface area contributed by atoms with E-state index in [0.717, 1.165) is 19.3 Å². The van der Waals surface area contributed by atoms with Crippen LogP contribution in [0.2, 0.25) is 0 Å². The number of ether oxygens (including phenoxy) is 1. The molecular formula is C20H26O2S. The van der Waals surface area contributed by atoms with Crippen molar-refractivity contribution >= 4 is 17.7 Å². The zero-order chi connectivity index (χ0) is 16.1. The van der Waals surface area contributed by atoms with E-state index in [9.17, 15) is 4.79 Å². The summed E-state index contributed by atoms with van der Waals surface area (Å²) in [5.74, 6) is 1.50. The van der Waals surface area contributed by atoms with Gasteiger partial charge in [-0.15, -0.1) is 11.8 Å². The average Bonchev–Trinajstić information content (AvgIpc) is 2.54. The summed E-state index contributed by atoms with van der Waals surface area (Å²) in [7, 11) is 0. The first kappa shape index (κ1) is 15.6. The van der Waals surface area contributed by atoms with Crippen LogP contribution >= 0.6 is 11.8 Å². The SMILES string of the molecule is CCOC(=O)C12C[C@H]3C[C@@H](C1)CC(c1ccc(SC)cc1)(C3)C2. The third-order valence-electron chi connectivity index (χ3n) is 6.47. The van der Waals surface area contributed by atoms with Gasteiger partial charge >= 0.3 is 5.97 Å². The van der Waals surface area contributed by atoms with E-state index in [1.807, 2.05) is 6.92 Å². The Bertz CT molecular complexity index is 593. The van der Waals surface area contributed by atoms with Crippen LogP contribution in [-0.4, -0.2) is 18.8 Å². The number of esters is 1. The molecule has 4 aliphatic carbocycles. The molecule has 0 radical (unpaired) electrons. The molecule has 4 bridgehead atoms. The van der Waals surface area contributed by atoms with Crippen molar-refractivity contribution in [2.75, 3.05) is 12.9 Å². The third-order valence-corrected chi connectivity index (χ3v) is 7.22. The molecule has 1 aromatic rings. The average molecular weight is 330 g/mol. The Balaban J connectivity index is 1.70. The maximum atomic E-state index is 12.7. The minimum absolute atomic E-state index is 0.0826. The Morgan fingerprint density at radius 1 is 1.17 bits per heavy atom.